The standard InChI is InChI=1S/C15H23NO/c1-4-15(17)13-7-5-6-8-14(13)16(3)11(2)12-9-10-12/h5-8,11-12,15,17H,4,9-10H2,1-3H3. The first kappa shape index (κ1) is 12.4. The Balaban J connectivity index is 2.23. The normalized spacial score (nSPS) is 18.8. The molecule has 0 radical (unpaired) electrons. The third kappa shape index (κ3) is 2.63. The smallest absolute Gasteiger partial charge is 0.0807 e. The summed E-state index contributed by atoms with van der Waals surface area (Å²) in [5, 5.41) is 10.1. The molecule has 2 atom stereocenters. The van der Waals surface area contributed by atoms with E-state index in [2.05, 4.69) is 31.0 Å². The summed E-state index contributed by atoms with van der Waals surface area (Å²) in [5.74, 6) is 0.840. The largest absolute Gasteiger partial charge is 0.388 e. The molecule has 94 valence electrons. The van der Waals surface area contributed by atoms with Crippen LogP contribution in [0.5, 0.6) is 0 Å². The molecule has 0 aliphatic heterocycles. The Bertz CT molecular complexity index is 373. The minimum Gasteiger partial charge on any atom is -0.388 e. The van der Waals surface area contributed by atoms with Crippen LogP contribution in [0.2, 0.25) is 0 Å². The second-order valence-corrected chi connectivity index (χ2v) is 5.17. The molecule has 0 saturated heterocycles. The number of hydrogen-bond donors (Lipinski definition) is 1. The fourth-order valence-corrected chi connectivity index (χ4v) is 2.42. The minimum absolute atomic E-state index is 0.347. The molecule has 1 aromatic carbocycles. The zero-order valence-electron chi connectivity index (χ0n) is 11.1. The SMILES string of the molecule is CCC(O)c1ccccc1N(C)C(C)C1CC1. The van der Waals surface area contributed by atoms with E-state index in [1.54, 1.807) is 0 Å². The van der Waals surface area contributed by atoms with Crippen molar-refractivity contribution in [2.24, 2.45) is 5.92 Å². The average molecular weight is 233 g/mol. The van der Waals surface area contributed by atoms with Gasteiger partial charge in [0.1, 0.15) is 0 Å². The van der Waals surface area contributed by atoms with Crippen molar-refractivity contribution in [3.63, 3.8) is 0 Å². The van der Waals surface area contributed by atoms with Gasteiger partial charge in [-0.25, -0.2) is 0 Å². The Morgan fingerprint density at radius 3 is 2.59 bits per heavy atom. The second-order valence-electron chi connectivity index (χ2n) is 5.17. The van der Waals surface area contributed by atoms with E-state index >= 15 is 0 Å². The van der Waals surface area contributed by atoms with Crippen LogP contribution in [-0.2, 0) is 0 Å². The highest BCUT2D eigenvalue weighted by Crippen LogP contribution is 2.38. The highest BCUT2D eigenvalue weighted by molar-refractivity contribution is 5.55. The van der Waals surface area contributed by atoms with Crippen molar-refractivity contribution in [1.29, 1.82) is 0 Å². The van der Waals surface area contributed by atoms with E-state index in [0.717, 1.165) is 17.9 Å². The number of para-hydroxylation sites is 1. The van der Waals surface area contributed by atoms with Gasteiger partial charge < -0.3 is 10.0 Å². The number of rotatable bonds is 5. The van der Waals surface area contributed by atoms with Crippen molar-refractivity contribution < 1.29 is 5.11 Å². The Labute approximate surface area is 104 Å². The lowest BCUT2D eigenvalue weighted by Crippen LogP contribution is -2.31. The highest BCUT2D eigenvalue weighted by atomic mass is 16.3. The topological polar surface area (TPSA) is 23.5 Å². The van der Waals surface area contributed by atoms with Gasteiger partial charge in [-0.1, -0.05) is 25.1 Å². The molecule has 1 aliphatic carbocycles. The zero-order chi connectivity index (χ0) is 12.4. The van der Waals surface area contributed by atoms with Crippen molar-refractivity contribution in [1.82, 2.24) is 0 Å². The van der Waals surface area contributed by atoms with Gasteiger partial charge in [-0.15, -0.1) is 0 Å². The number of anilines is 1. The van der Waals surface area contributed by atoms with E-state index < -0.39 is 0 Å². The van der Waals surface area contributed by atoms with E-state index in [1.165, 1.54) is 18.5 Å². The van der Waals surface area contributed by atoms with E-state index in [9.17, 15) is 5.11 Å². The molecule has 1 aromatic rings. The number of nitrogens with zero attached hydrogens (tertiary/aromatic N) is 1. The summed E-state index contributed by atoms with van der Waals surface area (Å²) < 4.78 is 0. The summed E-state index contributed by atoms with van der Waals surface area (Å²) in [7, 11) is 2.14. The molecule has 1 fully saturated rings. The molecule has 2 unspecified atom stereocenters. The quantitative estimate of drug-likeness (QED) is 0.843. The van der Waals surface area contributed by atoms with Crippen molar-refractivity contribution in [2.75, 3.05) is 11.9 Å². The Hall–Kier alpha value is -1.02. The molecule has 0 spiro atoms. The van der Waals surface area contributed by atoms with Gasteiger partial charge in [0.15, 0.2) is 0 Å². The van der Waals surface area contributed by atoms with Gasteiger partial charge in [0.2, 0.25) is 0 Å². The predicted octanol–water partition coefficient (Wildman–Crippen LogP) is 3.36. The van der Waals surface area contributed by atoms with Crippen LogP contribution in [0.4, 0.5) is 5.69 Å². The van der Waals surface area contributed by atoms with Crippen LogP contribution < -0.4 is 4.90 Å². The van der Waals surface area contributed by atoms with Crippen LogP contribution in [-0.4, -0.2) is 18.2 Å². The van der Waals surface area contributed by atoms with Crippen LogP contribution in [0.1, 0.15) is 44.8 Å². The molecule has 1 N–H and O–H groups in total. The maximum atomic E-state index is 10.1. The number of aliphatic hydroxyl groups excluding tert-OH is 1. The van der Waals surface area contributed by atoms with Crippen molar-refractivity contribution >= 4 is 5.69 Å². The van der Waals surface area contributed by atoms with Gasteiger partial charge in [0.25, 0.3) is 0 Å². The van der Waals surface area contributed by atoms with Crippen LogP contribution in [0.25, 0.3) is 0 Å². The molecular formula is C15H23NO. The summed E-state index contributed by atoms with van der Waals surface area (Å²) >= 11 is 0. The van der Waals surface area contributed by atoms with Crippen LogP contribution in [0, 0.1) is 5.92 Å². The molecule has 0 bridgehead atoms. The average Bonchev–Trinajstić information content (AvgIpc) is 3.20. The van der Waals surface area contributed by atoms with E-state index in [0.29, 0.717) is 6.04 Å². The van der Waals surface area contributed by atoms with Crippen molar-refractivity contribution in [3.05, 3.63) is 29.8 Å². The first-order valence-electron chi connectivity index (χ1n) is 6.65. The van der Waals surface area contributed by atoms with Gasteiger partial charge in [-0.2, -0.15) is 0 Å². The molecule has 1 aliphatic rings. The van der Waals surface area contributed by atoms with Crippen LogP contribution in [0.3, 0.4) is 0 Å². The molecule has 0 aromatic heterocycles. The van der Waals surface area contributed by atoms with Gasteiger partial charge in [-0.05, 0) is 38.2 Å². The molecule has 2 nitrogen and oxygen atoms in total. The number of benzene rings is 1. The Kier molecular flexibility index (Phi) is 3.72. The first-order chi connectivity index (χ1) is 8.15. The fourth-order valence-electron chi connectivity index (χ4n) is 2.42. The maximum Gasteiger partial charge on any atom is 0.0807 e. The summed E-state index contributed by atoms with van der Waals surface area (Å²) in [6, 6.07) is 8.79. The van der Waals surface area contributed by atoms with Crippen LogP contribution >= 0.6 is 0 Å². The van der Waals surface area contributed by atoms with E-state index in [-0.39, 0.29) is 6.10 Å². The predicted molar refractivity (Wildman–Crippen MR) is 72.3 cm³/mol. The van der Waals surface area contributed by atoms with Gasteiger partial charge in [0.05, 0.1) is 6.10 Å². The lowest BCUT2D eigenvalue weighted by atomic mass is 10.0. The summed E-state index contributed by atoms with van der Waals surface area (Å²) in [5.41, 5.74) is 2.24. The van der Waals surface area contributed by atoms with Crippen molar-refractivity contribution in [3.8, 4) is 0 Å². The molecule has 0 heterocycles. The third-order valence-corrected chi connectivity index (χ3v) is 3.98. The second kappa shape index (κ2) is 5.09. The van der Waals surface area contributed by atoms with E-state index in [4.69, 9.17) is 0 Å². The Morgan fingerprint density at radius 2 is 2.00 bits per heavy atom. The van der Waals surface area contributed by atoms with Crippen molar-refractivity contribution in [2.45, 2.75) is 45.3 Å². The lowest BCUT2D eigenvalue weighted by Gasteiger charge is -2.30. The molecular weight excluding hydrogens is 210 g/mol. The summed E-state index contributed by atoms with van der Waals surface area (Å²) in [4.78, 5) is 2.33. The maximum absolute atomic E-state index is 10.1. The van der Waals surface area contributed by atoms with Gasteiger partial charge in [0, 0.05) is 24.3 Å². The molecule has 2 heteroatoms. The van der Waals surface area contributed by atoms with Gasteiger partial charge in [-0.3, -0.25) is 0 Å². The first-order valence-corrected chi connectivity index (χ1v) is 6.65. The molecule has 1 saturated carbocycles. The molecule has 17 heavy (non-hydrogen) atoms. The highest BCUT2D eigenvalue weighted by Gasteiger charge is 2.31. The summed E-state index contributed by atoms with van der Waals surface area (Å²) in [6.07, 6.45) is 3.12. The number of hydrogen-bond acceptors (Lipinski definition) is 2. The third-order valence-electron chi connectivity index (χ3n) is 3.98. The fraction of sp³-hybridized carbons (Fsp3) is 0.600. The molecule has 0 amide bonds. The van der Waals surface area contributed by atoms with Gasteiger partial charge >= 0.3 is 0 Å². The monoisotopic (exact) mass is 233 g/mol. The summed E-state index contributed by atoms with van der Waals surface area (Å²) in [6.45, 7) is 4.30. The minimum atomic E-state index is -0.347. The zero-order valence-corrected chi connectivity index (χ0v) is 11.1. The Morgan fingerprint density at radius 1 is 1.35 bits per heavy atom. The van der Waals surface area contributed by atoms with E-state index in [1.807, 2.05) is 19.1 Å². The number of aliphatic hydroxyl groups is 1. The van der Waals surface area contributed by atoms with Crippen LogP contribution in [0.15, 0.2) is 24.3 Å². The lowest BCUT2D eigenvalue weighted by molar-refractivity contribution is 0.174. The molecule has 2 rings (SSSR count).